The lowest BCUT2D eigenvalue weighted by Gasteiger charge is -1.99. The molecule has 2 heterocycles. The average molecular weight is 229 g/mol. The quantitative estimate of drug-likeness (QED) is 0.728. The van der Waals surface area contributed by atoms with Crippen molar-refractivity contribution in [3.05, 3.63) is 17.1 Å². The Kier molecular flexibility index (Phi) is 1.69. The van der Waals surface area contributed by atoms with Gasteiger partial charge in [0.2, 0.25) is 5.65 Å². The van der Waals surface area contributed by atoms with Gasteiger partial charge in [0.25, 0.3) is 5.88 Å². The van der Waals surface area contributed by atoms with Crippen molar-refractivity contribution in [1.29, 1.82) is 0 Å². The molecule has 0 bridgehead atoms. The second kappa shape index (κ2) is 2.71. The summed E-state index contributed by atoms with van der Waals surface area (Å²) in [6.07, 6.45) is 3.35. The van der Waals surface area contributed by atoms with Gasteiger partial charge in [-0.2, -0.15) is 0 Å². The van der Waals surface area contributed by atoms with E-state index in [0.717, 1.165) is 0 Å². The molecule has 6 heteroatoms. The zero-order valence-electron chi connectivity index (χ0n) is 6.23. The molecule has 0 N–H and O–H groups in total. The maximum absolute atomic E-state index is 5.00. The normalized spacial score (nSPS) is 10.5. The molecule has 0 radical (unpaired) electrons. The summed E-state index contributed by atoms with van der Waals surface area (Å²) in [6, 6.07) is 0. The van der Waals surface area contributed by atoms with Crippen LogP contribution in [0.15, 0.2) is 17.1 Å². The Hall–Kier alpha value is -1.17. The summed E-state index contributed by atoms with van der Waals surface area (Å²) in [5, 5.41) is 7.56. The van der Waals surface area contributed by atoms with E-state index in [1.807, 2.05) is 0 Å². The Morgan fingerprint density at radius 2 is 2.42 bits per heavy atom. The van der Waals surface area contributed by atoms with Crippen molar-refractivity contribution in [2.75, 3.05) is 7.11 Å². The van der Waals surface area contributed by atoms with Gasteiger partial charge in [0.1, 0.15) is 10.9 Å². The summed E-state index contributed by atoms with van der Waals surface area (Å²) < 4.78 is 7.42. The Bertz CT molecular complexity index is 413. The molecular weight excluding hydrogens is 224 g/mol. The Morgan fingerprint density at radius 3 is 3.17 bits per heavy atom. The van der Waals surface area contributed by atoms with Gasteiger partial charge in [-0.3, -0.25) is 4.40 Å². The van der Waals surface area contributed by atoms with Crippen LogP contribution < -0.4 is 4.74 Å². The van der Waals surface area contributed by atoms with Gasteiger partial charge in [-0.05, 0) is 15.9 Å². The predicted molar refractivity (Wildman–Crippen MR) is 45.0 cm³/mol. The smallest absolute Gasteiger partial charge is 0.261 e. The molecule has 0 amide bonds. The molecule has 0 fully saturated rings. The molecule has 0 aliphatic heterocycles. The monoisotopic (exact) mass is 228 g/mol. The van der Waals surface area contributed by atoms with Crippen molar-refractivity contribution in [2.45, 2.75) is 0 Å². The zero-order valence-corrected chi connectivity index (χ0v) is 7.82. The standard InChI is InChI=1S/C6H5BrN4O/c1-12-6-5-10-8-3-11(5)2-4(7)9-6/h2-3H,1H3. The molecule has 0 aliphatic carbocycles. The predicted octanol–water partition coefficient (Wildman–Crippen LogP) is 0.895. The Morgan fingerprint density at radius 1 is 1.58 bits per heavy atom. The highest BCUT2D eigenvalue weighted by Gasteiger charge is 2.05. The number of ether oxygens (including phenoxy) is 1. The second-order valence-corrected chi connectivity index (χ2v) is 2.95. The molecular formula is C6H5BrN4O. The fourth-order valence-corrected chi connectivity index (χ4v) is 1.30. The fraction of sp³-hybridized carbons (Fsp3) is 0.167. The zero-order chi connectivity index (χ0) is 8.55. The van der Waals surface area contributed by atoms with Crippen LogP contribution in [0.25, 0.3) is 5.65 Å². The van der Waals surface area contributed by atoms with Crippen LogP contribution in [0.1, 0.15) is 0 Å². The average Bonchev–Trinajstić information content (AvgIpc) is 2.50. The van der Waals surface area contributed by atoms with Gasteiger partial charge in [0.15, 0.2) is 0 Å². The Labute approximate surface area is 76.5 Å². The van der Waals surface area contributed by atoms with Gasteiger partial charge in [-0.15, -0.1) is 10.2 Å². The lowest BCUT2D eigenvalue weighted by molar-refractivity contribution is 0.399. The molecule has 2 aromatic rings. The van der Waals surface area contributed by atoms with Gasteiger partial charge in [-0.25, -0.2) is 4.98 Å². The number of nitrogens with zero attached hydrogens (tertiary/aromatic N) is 4. The molecule has 0 aromatic carbocycles. The molecule has 2 aromatic heterocycles. The van der Waals surface area contributed by atoms with Gasteiger partial charge < -0.3 is 4.74 Å². The molecule has 0 spiro atoms. The van der Waals surface area contributed by atoms with E-state index in [0.29, 0.717) is 16.1 Å². The maximum Gasteiger partial charge on any atom is 0.261 e. The van der Waals surface area contributed by atoms with Crippen LogP contribution in [0.2, 0.25) is 0 Å². The molecule has 2 rings (SSSR count). The fourth-order valence-electron chi connectivity index (χ4n) is 0.918. The van der Waals surface area contributed by atoms with Gasteiger partial charge in [-0.1, -0.05) is 0 Å². The van der Waals surface area contributed by atoms with Crippen LogP contribution in [0, 0.1) is 0 Å². The minimum atomic E-state index is 0.460. The van der Waals surface area contributed by atoms with E-state index in [1.165, 1.54) is 0 Å². The SMILES string of the molecule is COc1nc(Br)cn2cnnc12. The first-order chi connectivity index (χ1) is 5.81. The number of methoxy groups -OCH3 is 1. The Balaban J connectivity index is 2.80. The number of halogens is 1. The largest absolute Gasteiger partial charge is 0.478 e. The molecule has 0 aliphatic rings. The highest BCUT2D eigenvalue weighted by atomic mass is 79.9. The van der Waals surface area contributed by atoms with Gasteiger partial charge in [0.05, 0.1) is 7.11 Å². The van der Waals surface area contributed by atoms with Gasteiger partial charge >= 0.3 is 0 Å². The summed E-state index contributed by atoms with van der Waals surface area (Å²) in [6.45, 7) is 0. The highest BCUT2D eigenvalue weighted by molar-refractivity contribution is 9.10. The first kappa shape index (κ1) is 7.48. The van der Waals surface area contributed by atoms with Crippen LogP contribution in [-0.2, 0) is 0 Å². The topological polar surface area (TPSA) is 52.3 Å². The van der Waals surface area contributed by atoms with E-state index in [-0.39, 0.29) is 0 Å². The minimum absolute atomic E-state index is 0.460. The molecule has 0 unspecified atom stereocenters. The van der Waals surface area contributed by atoms with Crippen LogP contribution in [0.3, 0.4) is 0 Å². The summed E-state index contributed by atoms with van der Waals surface area (Å²) in [7, 11) is 1.55. The lowest BCUT2D eigenvalue weighted by atomic mass is 10.6. The van der Waals surface area contributed by atoms with Crippen LogP contribution in [0.5, 0.6) is 5.88 Å². The van der Waals surface area contributed by atoms with Crippen LogP contribution in [0.4, 0.5) is 0 Å². The van der Waals surface area contributed by atoms with Gasteiger partial charge in [0, 0.05) is 6.20 Å². The number of rotatable bonds is 1. The van der Waals surface area contributed by atoms with Crippen molar-refractivity contribution in [3.8, 4) is 5.88 Å². The van der Waals surface area contributed by atoms with Crippen molar-refractivity contribution < 1.29 is 4.74 Å². The highest BCUT2D eigenvalue weighted by Crippen LogP contribution is 2.17. The van der Waals surface area contributed by atoms with Crippen LogP contribution >= 0.6 is 15.9 Å². The van der Waals surface area contributed by atoms with E-state index < -0.39 is 0 Å². The van der Waals surface area contributed by atoms with Crippen molar-refractivity contribution in [3.63, 3.8) is 0 Å². The molecule has 62 valence electrons. The van der Waals surface area contributed by atoms with E-state index >= 15 is 0 Å². The van der Waals surface area contributed by atoms with Crippen molar-refractivity contribution in [1.82, 2.24) is 19.6 Å². The molecule has 0 atom stereocenters. The number of fused-ring (bicyclic) bond motifs is 1. The third kappa shape index (κ3) is 1.04. The number of hydrogen-bond acceptors (Lipinski definition) is 4. The molecule has 0 saturated carbocycles. The minimum Gasteiger partial charge on any atom is -0.478 e. The first-order valence-electron chi connectivity index (χ1n) is 3.21. The summed E-state index contributed by atoms with van der Waals surface area (Å²) >= 11 is 3.24. The van der Waals surface area contributed by atoms with E-state index in [1.54, 1.807) is 24.0 Å². The van der Waals surface area contributed by atoms with Crippen molar-refractivity contribution in [2.24, 2.45) is 0 Å². The summed E-state index contributed by atoms with van der Waals surface area (Å²) in [4.78, 5) is 4.06. The molecule has 5 nitrogen and oxygen atoms in total. The third-order valence-corrected chi connectivity index (χ3v) is 1.79. The molecule has 12 heavy (non-hydrogen) atoms. The number of hydrogen-bond donors (Lipinski definition) is 0. The van der Waals surface area contributed by atoms with E-state index in [2.05, 4.69) is 31.1 Å². The van der Waals surface area contributed by atoms with E-state index in [4.69, 9.17) is 4.74 Å². The summed E-state index contributed by atoms with van der Waals surface area (Å²) in [5.41, 5.74) is 0.612. The van der Waals surface area contributed by atoms with E-state index in [9.17, 15) is 0 Å². The number of aromatic nitrogens is 4. The second-order valence-electron chi connectivity index (χ2n) is 2.13. The third-order valence-electron chi connectivity index (χ3n) is 1.41. The summed E-state index contributed by atoms with van der Waals surface area (Å²) in [5.74, 6) is 0.460. The maximum atomic E-state index is 5.00. The van der Waals surface area contributed by atoms with Crippen molar-refractivity contribution >= 4 is 21.6 Å². The lowest BCUT2D eigenvalue weighted by Crippen LogP contribution is -1.94. The molecule has 0 saturated heterocycles. The first-order valence-corrected chi connectivity index (χ1v) is 4.00. The van der Waals surface area contributed by atoms with Crippen LogP contribution in [-0.4, -0.2) is 26.7 Å².